The SMILES string of the molecule is CC(C)Cn1c(C(C)C)nc([N+](=O)[O-])c1Sc1ccc(F)cc1. The van der Waals surface area contributed by atoms with Crippen LogP contribution < -0.4 is 0 Å². The molecule has 0 unspecified atom stereocenters. The van der Waals surface area contributed by atoms with Crippen molar-refractivity contribution in [1.82, 2.24) is 9.55 Å². The average Bonchev–Trinajstić information content (AvgIpc) is 2.80. The first-order chi connectivity index (χ1) is 10.8. The van der Waals surface area contributed by atoms with E-state index in [1.165, 1.54) is 23.9 Å². The molecule has 0 aliphatic rings. The van der Waals surface area contributed by atoms with Crippen molar-refractivity contribution in [2.75, 3.05) is 0 Å². The lowest BCUT2D eigenvalue weighted by Crippen LogP contribution is -2.11. The van der Waals surface area contributed by atoms with Crippen molar-refractivity contribution in [1.29, 1.82) is 0 Å². The number of rotatable bonds is 6. The molecule has 0 spiro atoms. The molecule has 2 rings (SSSR count). The third-order valence-electron chi connectivity index (χ3n) is 3.20. The van der Waals surface area contributed by atoms with Crippen LogP contribution in [-0.4, -0.2) is 14.5 Å². The molecule has 23 heavy (non-hydrogen) atoms. The van der Waals surface area contributed by atoms with Crippen LogP contribution in [0.2, 0.25) is 0 Å². The number of benzene rings is 1. The summed E-state index contributed by atoms with van der Waals surface area (Å²) in [6.45, 7) is 8.70. The minimum atomic E-state index is -0.450. The van der Waals surface area contributed by atoms with Crippen LogP contribution in [0, 0.1) is 21.8 Å². The van der Waals surface area contributed by atoms with E-state index in [0.717, 1.165) is 4.90 Å². The molecule has 0 aliphatic heterocycles. The molecule has 0 radical (unpaired) electrons. The van der Waals surface area contributed by atoms with Crippen LogP contribution in [0.15, 0.2) is 34.2 Å². The molecule has 0 saturated heterocycles. The molecule has 1 aromatic carbocycles. The molecular weight excluding hydrogens is 317 g/mol. The molecular formula is C16H20FN3O2S. The van der Waals surface area contributed by atoms with Gasteiger partial charge >= 0.3 is 5.82 Å². The van der Waals surface area contributed by atoms with E-state index in [2.05, 4.69) is 18.8 Å². The molecule has 0 saturated carbocycles. The lowest BCUT2D eigenvalue weighted by atomic mass is 10.2. The number of halogens is 1. The highest BCUT2D eigenvalue weighted by molar-refractivity contribution is 7.99. The van der Waals surface area contributed by atoms with E-state index in [9.17, 15) is 14.5 Å². The molecule has 0 bridgehead atoms. The van der Waals surface area contributed by atoms with E-state index in [-0.39, 0.29) is 17.6 Å². The van der Waals surface area contributed by atoms with Crippen LogP contribution in [0.5, 0.6) is 0 Å². The minimum Gasteiger partial charge on any atom is -0.358 e. The topological polar surface area (TPSA) is 61.0 Å². The summed E-state index contributed by atoms with van der Waals surface area (Å²) in [6, 6.07) is 5.93. The Labute approximate surface area is 139 Å². The van der Waals surface area contributed by atoms with E-state index < -0.39 is 4.92 Å². The van der Waals surface area contributed by atoms with E-state index in [1.54, 1.807) is 12.1 Å². The van der Waals surface area contributed by atoms with Crippen molar-refractivity contribution in [3.05, 3.63) is 46.0 Å². The molecule has 1 aromatic heterocycles. The molecule has 1 heterocycles. The Morgan fingerprint density at radius 3 is 2.35 bits per heavy atom. The zero-order chi connectivity index (χ0) is 17.1. The summed E-state index contributed by atoms with van der Waals surface area (Å²) in [5.41, 5.74) is 0. The van der Waals surface area contributed by atoms with Gasteiger partial charge in [0.25, 0.3) is 0 Å². The van der Waals surface area contributed by atoms with Gasteiger partial charge in [0.1, 0.15) is 5.82 Å². The molecule has 0 atom stereocenters. The molecule has 7 heteroatoms. The Kier molecular flexibility index (Phi) is 5.41. The van der Waals surface area contributed by atoms with E-state index in [1.807, 2.05) is 18.4 Å². The maximum absolute atomic E-state index is 13.1. The summed E-state index contributed by atoms with van der Waals surface area (Å²) in [4.78, 5) is 15.9. The first kappa shape index (κ1) is 17.5. The van der Waals surface area contributed by atoms with Gasteiger partial charge in [-0.25, -0.2) is 4.39 Å². The van der Waals surface area contributed by atoms with Gasteiger partial charge in [-0.3, -0.25) is 4.57 Å². The Bertz CT molecular complexity index is 696. The highest BCUT2D eigenvalue weighted by atomic mass is 32.2. The average molecular weight is 337 g/mol. The predicted octanol–water partition coefficient (Wildman–Crippen LogP) is 4.86. The fraction of sp³-hybridized carbons (Fsp3) is 0.438. The lowest BCUT2D eigenvalue weighted by Gasteiger charge is -2.13. The first-order valence-electron chi connectivity index (χ1n) is 7.47. The largest absolute Gasteiger partial charge is 0.396 e. The fourth-order valence-electron chi connectivity index (χ4n) is 2.26. The van der Waals surface area contributed by atoms with Crippen LogP contribution in [-0.2, 0) is 6.54 Å². The molecule has 0 aliphatic carbocycles. The van der Waals surface area contributed by atoms with Crippen molar-refractivity contribution in [3.8, 4) is 0 Å². The third-order valence-corrected chi connectivity index (χ3v) is 4.30. The van der Waals surface area contributed by atoms with E-state index in [0.29, 0.717) is 23.3 Å². The van der Waals surface area contributed by atoms with Crippen LogP contribution in [0.1, 0.15) is 39.4 Å². The monoisotopic (exact) mass is 337 g/mol. The highest BCUT2D eigenvalue weighted by Crippen LogP contribution is 2.37. The lowest BCUT2D eigenvalue weighted by molar-refractivity contribution is -0.392. The van der Waals surface area contributed by atoms with Crippen molar-refractivity contribution < 1.29 is 9.31 Å². The smallest absolute Gasteiger partial charge is 0.358 e. The maximum Gasteiger partial charge on any atom is 0.396 e. The standard InChI is InChI=1S/C16H20FN3O2S/c1-10(2)9-19-14(11(3)4)18-15(20(21)22)16(19)23-13-7-5-12(17)6-8-13/h5-8,10-11H,9H2,1-4H3. The van der Waals surface area contributed by atoms with Crippen molar-refractivity contribution in [2.45, 2.75) is 50.1 Å². The summed E-state index contributed by atoms with van der Waals surface area (Å²) < 4.78 is 15.0. The molecule has 5 nitrogen and oxygen atoms in total. The third kappa shape index (κ3) is 4.10. The second-order valence-electron chi connectivity index (χ2n) is 6.07. The molecule has 124 valence electrons. The van der Waals surface area contributed by atoms with Crippen LogP contribution in [0.25, 0.3) is 0 Å². The summed E-state index contributed by atoms with van der Waals surface area (Å²) >= 11 is 1.25. The number of hydrogen-bond acceptors (Lipinski definition) is 4. The van der Waals surface area contributed by atoms with Gasteiger partial charge in [0.15, 0.2) is 5.03 Å². The summed E-state index contributed by atoms with van der Waals surface area (Å²) in [5, 5.41) is 11.9. The van der Waals surface area contributed by atoms with Crippen LogP contribution in [0.4, 0.5) is 10.2 Å². The van der Waals surface area contributed by atoms with E-state index in [4.69, 9.17) is 0 Å². The predicted molar refractivity (Wildman–Crippen MR) is 88.3 cm³/mol. The number of nitro groups is 1. The van der Waals surface area contributed by atoms with Gasteiger partial charge in [-0.2, -0.15) is 0 Å². The van der Waals surface area contributed by atoms with Gasteiger partial charge in [0, 0.05) is 17.4 Å². The highest BCUT2D eigenvalue weighted by Gasteiger charge is 2.30. The fourth-order valence-corrected chi connectivity index (χ4v) is 3.24. The molecule has 2 aromatic rings. The van der Waals surface area contributed by atoms with Gasteiger partial charge in [0.2, 0.25) is 5.82 Å². The van der Waals surface area contributed by atoms with Crippen molar-refractivity contribution in [3.63, 3.8) is 0 Å². The van der Waals surface area contributed by atoms with Crippen molar-refractivity contribution in [2.24, 2.45) is 5.92 Å². The van der Waals surface area contributed by atoms with Crippen molar-refractivity contribution >= 4 is 17.6 Å². The zero-order valence-electron chi connectivity index (χ0n) is 13.6. The Morgan fingerprint density at radius 1 is 1.26 bits per heavy atom. The zero-order valence-corrected chi connectivity index (χ0v) is 14.4. The van der Waals surface area contributed by atoms with Gasteiger partial charge in [0.05, 0.1) is 0 Å². The summed E-state index contributed by atoms with van der Waals surface area (Å²) in [5.74, 6) is 0.644. The summed E-state index contributed by atoms with van der Waals surface area (Å²) in [7, 11) is 0. The molecule has 0 fully saturated rings. The maximum atomic E-state index is 13.1. The van der Waals surface area contributed by atoms with Gasteiger partial charge in [-0.1, -0.05) is 39.5 Å². The van der Waals surface area contributed by atoms with Gasteiger partial charge in [-0.05, 0) is 40.1 Å². The van der Waals surface area contributed by atoms with Gasteiger partial charge < -0.3 is 10.1 Å². The quantitative estimate of drug-likeness (QED) is 0.558. The molecule has 0 N–H and O–H groups in total. The first-order valence-corrected chi connectivity index (χ1v) is 8.29. The Morgan fingerprint density at radius 2 is 1.87 bits per heavy atom. The second-order valence-corrected chi connectivity index (χ2v) is 7.13. The van der Waals surface area contributed by atoms with Gasteiger partial charge in [-0.15, -0.1) is 0 Å². The number of nitrogens with zero attached hydrogens (tertiary/aromatic N) is 3. The number of imidazole rings is 1. The number of hydrogen-bond donors (Lipinski definition) is 0. The normalized spacial score (nSPS) is 11.4. The van der Waals surface area contributed by atoms with Crippen LogP contribution in [0.3, 0.4) is 0 Å². The second kappa shape index (κ2) is 7.12. The number of aromatic nitrogens is 2. The Hall–Kier alpha value is -1.89. The molecule has 0 amide bonds. The minimum absolute atomic E-state index is 0.0787. The van der Waals surface area contributed by atoms with E-state index >= 15 is 0 Å². The summed E-state index contributed by atoms with van der Waals surface area (Å²) in [6.07, 6.45) is 0. The Balaban J connectivity index is 2.52. The van der Waals surface area contributed by atoms with Crippen LogP contribution >= 0.6 is 11.8 Å².